The summed E-state index contributed by atoms with van der Waals surface area (Å²) >= 11 is 3.60. The van der Waals surface area contributed by atoms with Crippen molar-refractivity contribution in [3.63, 3.8) is 0 Å². The standard InChI is InChI=1S/C42H28BrN/c43-35-17-11-16-31(25-35)37-18-7-8-19-38(37)32-22-23-40-39-20-9-10-21-41(39)44(42(40)28-32)36-26-33(29-12-3-1-4-13-29)24-34(27-36)30-14-5-2-6-15-30/h1-28H/i1D,2D,3D,4D,5D,6D,12D,13D,14D,15D. The van der Waals surface area contributed by atoms with Crippen LogP contribution in [0.5, 0.6) is 0 Å². The molecule has 1 aromatic heterocycles. The van der Waals surface area contributed by atoms with Gasteiger partial charge in [0.1, 0.15) is 0 Å². The number of nitrogens with zero attached hydrogens (tertiary/aromatic N) is 1. The van der Waals surface area contributed by atoms with E-state index >= 15 is 0 Å². The lowest BCUT2D eigenvalue weighted by molar-refractivity contribution is 1.18. The average Bonchev–Trinajstić information content (AvgIpc) is 3.51. The Morgan fingerprint density at radius 2 is 1.02 bits per heavy atom. The summed E-state index contributed by atoms with van der Waals surface area (Å²) in [6, 6.07) is 30.5. The van der Waals surface area contributed by atoms with Gasteiger partial charge < -0.3 is 4.57 Å². The van der Waals surface area contributed by atoms with Crippen LogP contribution in [0, 0.1) is 0 Å². The summed E-state index contributed by atoms with van der Waals surface area (Å²) in [7, 11) is 0. The number of rotatable bonds is 5. The second-order valence-corrected chi connectivity index (χ2v) is 11.3. The third-order valence-corrected chi connectivity index (χ3v) is 8.29. The Balaban J connectivity index is 1.47. The molecule has 0 fully saturated rings. The monoisotopic (exact) mass is 635 g/mol. The van der Waals surface area contributed by atoms with Gasteiger partial charge in [0.2, 0.25) is 0 Å². The maximum absolute atomic E-state index is 8.82. The lowest BCUT2D eigenvalue weighted by Crippen LogP contribution is -1.96. The van der Waals surface area contributed by atoms with Gasteiger partial charge in [-0.15, -0.1) is 0 Å². The van der Waals surface area contributed by atoms with Gasteiger partial charge in [-0.3, -0.25) is 0 Å². The van der Waals surface area contributed by atoms with Crippen molar-refractivity contribution < 1.29 is 13.7 Å². The molecule has 0 saturated heterocycles. The van der Waals surface area contributed by atoms with E-state index < -0.39 is 60.4 Å². The van der Waals surface area contributed by atoms with Crippen molar-refractivity contribution in [1.82, 2.24) is 4.57 Å². The van der Waals surface area contributed by atoms with Crippen LogP contribution in [0.4, 0.5) is 0 Å². The van der Waals surface area contributed by atoms with Gasteiger partial charge in [-0.1, -0.05) is 143 Å². The van der Waals surface area contributed by atoms with Crippen molar-refractivity contribution in [1.29, 1.82) is 0 Å². The molecule has 8 rings (SSSR count). The third kappa shape index (κ3) is 4.74. The van der Waals surface area contributed by atoms with Crippen LogP contribution in [0.25, 0.3) is 72.0 Å². The van der Waals surface area contributed by atoms with E-state index in [1.54, 1.807) is 12.1 Å². The van der Waals surface area contributed by atoms with Gasteiger partial charge in [0.25, 0.3) is 0 Å². The Kier molecular flexibility index (Phi) is 4.51. The molecule has 0 aliphatic rings. The lowest BCUT2D eigenvalue weighted by Gasteiger charge is -2.15. The molecule has 8 aromatic rings. The van der Waals surface area contributed by atoms with Crippen molar-refractivity contribution in [2.24, 2.45) is 0 Å². The third-order valence-electron chi connectivity index (χ3n) is 7.80. The number of benzene rings is 7. The van der Waals surface area contributed by atoms with Gasteiger partial charge in [-0.05, 0) is 87.0 Å². The lowest BCUT2D eigenvalue weighted by atomic mass is 9.94. The Morgan fingerprint density at radius 1 is 0.432 bits per heavy atom. The minimum Gasteiger partial charge on any atom is -0.309 e. The van der Waals surface area contributed by atoms with Crippen LogP contribution in [0.15, 0.2) is 174 Å². The Labute approximate surface area is 279 Å². The molecular formula is C42H28BrN. The average molecular weight is 637 g/mol. The van der Waals surface area contributed by atoms with Crippen LogP contribution >= 0.6 is 15.9 Å². The van der Waals surface area contributed by atoms with Gasteiger partial charge in [0, 0.05) is 20.9 Å². The minimum absolute atomic E-state index is 0.0686. The van der Waals surface area contributed by atoms with Gasteiger partial charge in [-0.25, -0.2) is 0 Å². The number of hydrogen-bond acceptors (Lipinski definition) is 0. The molecule has 0 amide bonds. The van der Waals surface area contributed by atoms with E-state index in [0.29, 0.717) is 5.69 Å². The summed E-state index contributed by atoms with van der Waals surface area (Å²) in [6.45, 7) is 0. The van der Waals surface area contributed by atoms with Crippen molar-refractivity contribution >= 4 is 37.7 Å². The highest BCUT2D eigenvalue weighted by Gasteiger charge is 2.16. The second-order valence-electron chi connectivity index (χ2n) is 10.4. The van der Waals surface area contributed by atoms with Gasteiger partial charge in [0.15, 0.2) is 0 Å². The quantitative estimate of drug-likeness (QED) is 0.177. The summed E-state index contributed by atoms with van der Waals surface area (Å²) in [5, 5.41) is 1.88. The summed E-state index contributed by atoms with van der Waals surface area (Å²) in [5.74, 6) is 0. The van der Waals surface area contributed by atoms with Crippen LogP contribution < -0.4 is 0 Å². The summed E-state index contributed by atoms with van der Waals surface area (Å²) in [5.41, 5.74) is 6.46. The predicted octanol–water partition coefficient (Wildman–Crippen LogP) is 12.2. The van der Waals surface area contributed by atoms with Gasteiger partial charge in [0.05, 0.1) is 24.7 Å². The van der Waals surface area contributed by atoms with Crippen LogP contribution in [0.2, 0.25) is 0 Å². The van der Waals surface area contributed by atoms with Crippen LogP contribution in [-0.2, 0) is 0 Å². The Morgan fingerprint density at radius 3 is 1.68 bits per heavy atom. The maximum Gasteiger partial charge on any atom is 0.0629 e. The first-order valence-electron chi connectivity index (χ1n) is 19.1. The van der Waals surface area contributed by atoms with Crippen molar-refractivity contribution in [2.75, 3.05) is 0 Å². The van der Waals surface area contributed by atoms with Crippen LogP contribution in [-0.4, -0.2) is 4.57 Å². The molecule has 0 atom stereocenters. The van der Waals surface area contributed by atoms with Crippen molar-refractivity contribution in [3.8, 4) is 50.2 Å². The molecule has 208 valence electrons. The highest BCUT2D eigenvalue weighted by atomic mass is 79.9. The number of hydrogen-bond donors (Lipinski definition) is 0. The number of fused-ring (bicyclic) bond motifs is 3. The molecule has 1 heterocycles. The summed E-state index contributed by atoms with van der Waals surface area (Å²) in [4.78, 5) is 0. The molecule has 0 bridgehead atoms. The molecule has 44 heavy (non-hydrogen) atoms. The fourth-order valence-corrected chi connectivity index (χ4v) is 6.28. The van der Waals surface area contributed by atoms with E-state index in [0.717, 1.165) is 48.5 Å². The van der Waals surface area contributed by atoms with E-state index in [2.05, 4.69) is 58.4 Å². The Bertz CT molecular complexity index is 2720. The Hall–Kier alpha value is -5.18. The van der Waals surface area contributed by atoms with Crippen LogP contribution in [0.1, 0.15) is 13.7 Å². The fourth-order valence-electron chi connectivity index (χ4n) is 5.88. The zero-order valence-corrected chi connectivity index (χ0v) is 24.8. The molecule has 0 aliphatic carbocycles. The summed E-state index contributed by atoms with van der Waals surface area (Å²) < 4.78 is 88.3. The molecule has 2 heteroatoms. The number of aromatic nitrogens is 1. The first kappa shape index (κ1) is 17.8. The molecule has 0 radical (unpaired) electrons. The highest BCUT2D eigenvalue weighted by molar-refractivity contribution is 9.10. The molecule has 0 saturated carbocycles. The first-order chi connectivity index (χ1) is 25.9. The van der Waals surface area contributed by atoms with Crippen molar-refractivity contribution in [2.45, 2.75) is 0 Å². The molecule has 0 spiro atoms. The number of para-hydroxylation sites is 1. The zero-order chi connectivity index (χ0) is 38.2. The fraction of sp³-hybridized carbons (Fsp3) is 0. The molecule has 0 unspecified atom stereocenters. The minimum atomic E-state index is -0.534. The highest BCUT2D eigenvalue weighted by Crippen LogP contribution is 2.39. The van der Waals surface area contributed by atoms with E-state index in [9.17, 15) is 0 Å². The topological polar surface area (TPSA) is 4.93 Å². The SMILES string of the molecule is [2H]c1c([2H])c([2H])c(-c2cc(-c3c([2H])c([2H])c([2H])c([2H])c3[2H])cc(-n3c4ccccc4c4ccc(-c5ccccc5-c5cccc(Br)c5)cc43)c2)c([2H])c1[2H]. The molecular weight excluding hydrogens is 598 g/mol. The second kappa shape index (κ2) is 11.1. The first-order valence-corrected chi connectivity index (χ1v) is 14.8. The molecule has 1 nitrogen and oxygen atoms in total. The molecule has 7 aromatic carbocycles. The van der Waals surface area contributed by atoms with Crippen LogP contribution in [0.3, 0.4) is 0 Å². The molecule has 0 aliphatic heterocycles. The van der Waals surface area contributed by atoms with E-state index in [-0.39, 0.29) is 22.3 Å². The van der Waals surface area contributed by atoms with E-state index in [4.69, 9.17) is 13.7 Å². The molecule has 0 N–H and O–H groups in total. The maximum atomic E-state index is 8.82. The zero-order valence-electron chi connectivity index (χ0n) is 33.2. The normalized spacial score (nSPS) is 14.5. The van der Waals surface area contributed by atoms with Gasteiger partial charge in [-0.2, -0.15) is 0 Å². The van der Waals surface area contributed by atoms with Crippen molar-refractivity contribution in [3.05, 3.63) is 174 Å². The largest absolute Gasteiger partial charge is 0.309 e. The smallest absolute Gasteiger partial charge is 0.0629 e. The van der Waals surface area contributed by atoms with Gasteiger partial charge >= 0.3 is 0 Å². The van der Waals surface area contributed by atoms with E-state index in [1.165, 1.54) is 6.07 Å². The summed E-state index contributed by atoms with van der Waals surface area (Å²) in [6.07, 6.45) is 0. The predicted molar refractivity (Wildman–Crippen MR) is 190 cm³/mol. The number of halogens is 1. The van der Waals surface area contributed by atoms with E-state index in [1.807, 2.05) is 53.1 Å².